The van der Waals surface area contributed by atoms with Gasteiger partial charge in [0.15, 0.2) is 9.84 Å². The van der Waals surface area contributed by atoms with Crippen LogP contribution in [0.15, 0.2) is 47.5 Å². The summed E-state index contributed by atoms with van der Waals surface area (Å²) in [6.07, 6.45) is 5.49. The highest BCUT2D eigenvalue weighted by Crippen LogP contribution is 2.17. The largest absolute Gasteiger partial charge is 0.357 e. The zero-order valence-corrected chi connectivity index (χ0v) is 16.3. The summed E-state index contributed by atoms with van der Waals surface area (Å²) in [7, 11) is -3.25. The van der Waals surface area contributed by atoms with Gasteiger partial charge >= 0.3 is 0 Å². The molecule has 27 heavy (non-hydrogen) atoms. The van der Waals surface area contributed by atoms with Crippen molar-refractivity contribution in [2.45, 2.75) is 37.6 Å². The minimum absolute atomic E-state index is 0.0406. The summed E-state index contributed by atoms with van der Waals surface area (Å²) < 4.78 is 23.6. The number of amides is 1. The van der Waals surface area contributed by atoms with E-state index in [0.29, 0.717) is 12.1 Å². The topological polar surface area (TPSA) is 79.4 Å². The Morgan fingerprint density at radius 3 is 2.37 bits per heavy atom. The fourth-order valence-corrected chi connectivity index (χ4v) is 3.98. The van der Waals surface area contributed by atoms with E-state index in [9.17, 15) is 13.2 Å². The highest BCUT2D eigenvalue weighted by atomic mass is 32.2. The van der Waals surface area contributed by atoms with Crippen molar-refractivity contribution >= 4 is 21.6 Å². The Labute approximate surface area is 160 Å². The molecule has 0 aliphatic carbocycles. The Morgan fingerprint density at radius 1 is 1.07 bits per heavy atom. The van der Waals surface area contributed by atoms with Gasteiger partial charge in [-0.05, 0) is 55.2 Å². The van der Waals surface area contributed by atoms with Crippen LogP contribution in [0.1, 0.15) is 42.1 Å². The molecule has 2 heterocycles. The number of aromatic nitrogens is 1. The second-order valence-corrected chi connectivity index (χ2v) is 8.96. The molecule has 1 saturated heterocycles. The number of piperidine rings is 1. The molecule has 1 N–H and O–H groups in total. The third-order valence-electron chi connectivity index (χ3n) is 4.80. The van der Waals surface area contributed by atoms with Gasteiger partial charge in [-0.2, -0.15) is 0 Å². The minimum atomic E-state index is -3.25. The number of anilines is 1. The summed E-state index contributed by atoms with van der Waals surface area (Å²) in [5, 5.41) is 2.84. The van der Waals surface area contributed by atoms with E-state index < -0.39 is 9.84 Å². The minimum Gasteiger partial charge on any atom is -0.357 e. The van der Waals surface area contributed by atoms with E-state index in [2.05, 4.69) is 15.2 Å². The molecule has 0 saturated carbocycles. The number of rotatable bonds is 6. The van der Waals surface area contributed by atoms with Crippen LogP contribution in [0.3, 0.4) is 0 Å². The fourth-order valence-electron chi connectivity index (χ4n) is 3.10. The zero-order chi connectivity index (χ0) is 19.3. The molecular formula is C20H25N3O3S. The normalized spacial score (nSPS) is 14.8. The van der Waals surface area contributed by atoms with Gasteiger partial charge in [-0.15, -0.1) is 0 Å². The van der Waals surface area contributed by atoms with Gasteiger partial charge in [-0.25, -0.2) is 13.4 Å². The molecule has 0 radical (unpaired) electrons. The van der Waals surface area contributed by atoms with Gasteiger partial charge in [0.1, 0.15) is 5.82 Å². The van der Waals surface area contributed by atoms with E-state index in [-0.39, 0.29) is 16.6 Å². The number of benzene rings is 1. The number of carbonyl (C=O) groups excluding carboxylic acids is 1. The van der Waals surface area contributed by atoms with Gasteiger partial charge < -0.3 is 10.2 Å². The van der Waals surface area contributed by atoms with Crippen LogP contribution in [-0.4, -0.2) is 38.2 Å². The smallest absolute Gasteiger partial charge is 0.251 e. The van der Waals surface area contributed by atoms with E-state index in [1.54, 1.807) is 13.1 Å². The number of sulfone groups is 1. The molecule has 1 aromatic carbocycles. The Bertz CT molecular complexity index is 872. The van der Waals surface area contributed by atoms with E-state index in [4.69, 9.17) is 0 Å². The van der Waals surface area contributed by atoms with E-state index >= 15 is 0 Å². The predicted molar refractivity (Wildman–Crippen MR) is 106 cm³/mol. The van der Waals surface area contributed by atoms with Crippen LogP contribution in [0, 0.1) is 0 Å². The van der Waals surface area contributed by atoms with Gasteiger partial charge in [-0.3, -0.25) is 4.79 Å². The second-order valence-electron chi connectivity index (χ2n) is 6.68. The van der Waals surface area contributed by atoms with Crippen LogP contribution in [0.5, 0.6) is 0 Å². The summed E-state index contributed by atoms with van der Waals surface area (Å²) in [4.78, 5) is 19.3. The Kier molecular flexibility index (Phi) is 6.11. The second kappa shape index (κ2) is 8.52. The maximum absolute atomic E-state index is 12.3. The molecule has 1 aromatic heterocycles. The Hall–Kier alpha value is -2.41. The number of pyridine rings is 1. The molecular weight excluding hydrogens is 362 g/mol. The third-order valence-corrected chi connectivity index (χ3v) is 6.55. The van der Waals surface area contributed by atoms with Crippen LogP contribution >= 0.6 is 0 Å². The van der Waals surface area contributed by atoms with E-state index in [1.807, 2.05) is 12.1 Å². The molecule has 0 bridgehead atoms. The SMILES string of the molecule is CCS(=O)(=O)c1ccc(C(=O)NCc2ccc(N3CCCCC3)nc2)cc1. The van der Waals surface area contributed by atoms with Crippen molar-refractivity contribution in [1.82, 2.24) is 10.3 Å². The van der Waals surface area contributed by atoms with Crippen molar-refractivity contribution in [1.29, 1.82) is 0 Å². The molecule has 2 aromatic rings. The van der Waals surface area contributed by atoms with Crippen molar-refractivity contribution in [3.8, 4) is 0 Å². The molecule has 6 nitrogen and oxygen atoms in total. The van der Waals surface area contributed by atoms with E-state index in [1.165, 1.54) is 43.5 Å². The van der Waals surface area contributed by atoms with Crippen LogP contribution in [0.4, 0.5) is 5.82 Å². The average molecular weight is 388 g/mol. The zero-order valence-electron chi connectivity index (χ0n) is 15.5. The van der Waals surface area contributed by atoms with Crippen LogP contribution < -0.4 is 10.2 Å². The first-order chi connectivity index (χ1) is 13.0. The first kappa shape index (κ1) is 19.4. The van der Waals surface area contributed by atoms with Gasteiger partial charge in [0, 0.05) is 31.4 Å². The number of hydrogen-bond donors (Lipinski definition) is 1. The summed E-state index contributed by atoms with van der Waals surface area (Å²) in [5.74, 6) is 0.784. The first-order valence-electron chi connectivity index (χ1n) is 9.30. The van der Waals surface area contributed by atoms with Gasteiger partial charge in [0.2, 0.25) is 0 Å². The molecule has 0 unspecified atom stereocenters. The first-order valence-corrected chi connectivity index (χ1v) is 11.0. The maximum Gasteiger partial charge on any atom is 0.251 e. The molecule has 0 spiro atoms. The van der Waals surface area contributed by atoms with Gasteiger partial charge in [0.25, 0.3) is 5.91 Å². The van der Waals surface area contributed by atoms with Crippen molar-refractivity contribution in [2.24, 2.45) is 0 Å². The average Bonchev–Trinajstić information content (AvgIpc) is 2.73. The van der Waals surface area contributed by atoms with Crippen molar-refractivity contribution < 1.29 is 13.2 Å². The predicted octanol–water partition coefficient (Wildman–Crippen LogP) is 2.80. The van der Waals surface area contributed by atoms with E-state index in [0.717, 1.165) is 24.5 Å². The standard InChI is InChI=1S/C20H25N3O3S/c1-2-27(25,26)18-9-7-17(8-10-18)20(24)22-15-16-6-11-19(21-14-16)23-12-4-3-5-13-23/h6-11,14H,2-5,12-13,15H2,1H3,(H,22,24). The number of hydrogen-bond acceptors (Lipinski definition) is 5. The summed E-state index contributed by atoms with van der Waals surface area (Å²) >= 11 is 0. The highest BCUT2D eigenvalue weighted by molar-refractivity contribution is 7.91. The Morgan fingerprint density at radius 2 is 1.78 bits per heavy atom. The molecule has 1 amide bonds. The van der Waals surface area contributed by atoms with Crippen LogP contribution in [0.2, 0.25) is 0 Å². The molecule has 1 fully saturated rings. The number of carbonyl (C=O) groups is 1. The van der Waals surface area contributed by atoms with Crippen LogP contribution in [-0.2, 0) is 16.4 Å². The Balaban J connectivity index is 1.57. The lowest BCUT2D eigenvalue weighted by molar-refractivity contribution is 0.0951. The molecule has 144 valence electrons. The van der Waals surface area contributed by atoms with Gasteiger partial charge in [0.05, 0.1) is 10.6 Å². The molecule has 0 atom stereocenters. The quantitative estimate of drug-likeness (QED) is 0.824. The summed E-state index contributed by atoms with van der Waals surface area (Å²) in [5.41, 5.74) is 1.36. The van der Waals surface area contributed by atoms with Crippen molar-refractivity contribution in [2.75, 3.05) is 23.7 Å². The third kappa shape index (κ3) is 4.86. The lowest BCUT2D eigenvalue weighted by atomic mass is 10.1. The lowest BCUT2D eigenvalue weighted by Gasteiger charge is -2.27. The summed E-state index contributed by atoms with van der Waals surface area (Å²) in [6.45, 7) is 4.07. The monoisotopic (exact) mass is 387 g/mol. The summed E-state index contributed by atoms with van der Waals surface area (Å²) in [6, 6.07) is 10.0. The van der Waals surface area contributed by atoms with Crippen molar-refractivity contribution in [3.05, 3.63) is 53.7 Å². The molecule has 3 rings (SSSR count). The highest BCUT2D eigenvalue weighted by Gasteiger charge is 2.14. The van der Waals surface area contributed by atoms with Crippen molar-refractivity contribution in [3.63, 3.8) is 0 Å². The lowest BCUT2D eigenvalue weighted by Crippen LogP contribution is -2.30. The van der Waals surface area contributed by atoms with Crippen LogP contribution in [0.25, 0.3) is 0 Å². The molecule has 7 heteroatoms. The van der Waals surface area contributed by atoms with Gasteiger partial charge in [-0.1, -0.05) is 13.0 Å². The maximum atomic E-state index is 12.3. The molecule has 1 aliphatic rings. The number of nitrogens with one attached hydrogen (secondary N) is 1. The molecule has 1 aliphatic heterocycles. The fraction of sp³-hybridized carbons (Fsp3) is 0.400. The number of nitrogens with zero attached hydrogens (tertiary/aromatic N) is 2.